The molecule has 0 aliphatic heterocycles. The molecule has 0 aromatic carbocycles. The number of hydrogen-bond donors (Lipinski definition) is 3. The van der Waals surface area contributed by atoms with Crippen LogP contribution in [-0.2, 0) is 65.4 Å². The Morgan fingerprint density at radius 1 is 0.319 bits per heavy atom. The van der Waals surface area contributed by atoms with E-state index in [1.807, 2.05) is 0 Å². The first-order chi connectivity index (χ1) is 43.8. The number of rotatable bonds is 70. The SMILES string of the molecule is CCCCCCCCCCCCC(=O)OC[C@H](COP(=O)(O)OC[C@H](O)COP(=O)(O)OC[C@@H](COC(=O)CCCCCCCCCCCCCC(C)C)OC(=O)CCCCCCCCCCCCCCCCC(C)C)OC(=O)CCCCCCCCC(C)CC. The van der Waals surface area contributed by atoms with Gasteiger partial charge in [0, 0.05) is 25.7 Å². The van der Waals surface area contributed by atoms with E-state index in [9.17, 15) is 43.2 Å². The van der Waals surface area contributed by atoms with E-state index in [1.165, 1.54) is 173 Å². The maximum atomic E-state index is 13.0. The molecule has 0 spiro atoms. The maximum Gasteiger partial charge on any atom is 0.472 e. The quantitative estimate of drug-likeness (QED) is 0.0222. The van der Waals surface area contributed by atoms with Crippen molar-refractivity contribution in [3.8, 4) is 0 Å². The van der Waals surface area contributed by atoms with Gasteiger partial charge in [-0.2, -0.15) is 0 Å². The molecule has 19 heteroatoms. The molecule has 0 saturated carbocycles. The second kappa shape index (κ2) is 62.8. The maximum absolute atomic E-state index is 13.0. The molecular weight excluding hydrogens is 1200 g/mol. The molecule has 0 rings (SSSR count). The lowest BCUT2D eigenvalue weighted by molar-refractivity contribution is -0.161. The predicted octanol–water partition coefficient (Wildman–Crippen LogP) is 20.6. The molecule has 0 saturated heterocycles. The van der Waals surface area contributed by atoms with Crippen LogP contribution in [0.5, 0.6) is 0 Å². The Balaban J connectivity index is 5.24. The fourth-order valence-corrected chi connectivity index (χ4v) is 12.4. The highest BCUT2D eigenvalue weighted by atomic mass is 31.2. The van der Waals surface area contributed by atoms with E-state index in [4.69, 9.17) is 37.0 Å². The van der Waals surface area contributed by atoms with Gasteiger partial charge in [0.2, 0.25) is 0 Å². The number of phosphoric acid groups is 2. The van der Waals surface area contributed by atoms with Crippen LogP contribution < -0.4 is 0 Å². The van der Waals surface area contributed by atoms with Crippen molar-refractivity contribution in [2.75, 3.05) is 39.6 Å². The predicted molar refractivity (Wildman–Crippen MR) is 368 cm³/mol. The lowest BCUT2D eigenvalue weighted by atomic mass is 10.00. The minimum absolute atomic E-state index is 0.103. The van der Waals surface area contributed by atoms with Gasteiger partial charge in [0.25, 0.3) is 0 Å². The third kappa shape index (κ3) is 65.1. The summed E-state index contributed by atoms with van der Waals surface area (Å²) in [6, 6.07) is 0. The van der Waals surface area contributed by atoms with Crippen LogP contribution >= 0.6 is 15.6 Å². The number of carbonyl (C=O) groups excluding carboxylic acids is 4. The van der Waals surface area contributed by atoms with Crippen LogP contribution in [0.25, 0.3) is 0 Å². The summed E-state index contributed by atoms with van der Waals surface area (Å²) in [4.78, 5) is 72.6. The van der Waals surface area contributed by atoms with E-state index in [-0.39, 0.29) is 25.7 Å². The summed E-state index contributed by atoms with van der Waals surface area (Å²) >= 11 is 0. The zero-order valence-electron chi connectivity index (χ0n) is 59.3. The fourth-order valence-electron chi connectivity index (χ4n) is 10.9. The Hall–Kier alpha value is -1.94. The van der Waals surface area contributed by atoms with E-state index < -0.39 is 97.5 Å². The van der Waals surface area contributed by atoms with Crippen molar-refractivity contribution in [2.24, 2.45) is 17.8 Å². The summed E-state index contributed by atoms with van der Waals surface area (Å²) in [5.74, 6) is 0.161. The smallest absolute Gasteiger partial charge is 0.462 e. The van der Waals surface area contributed by atoms with Crippen molar-refractivity contribution in [2.45, 2.75) is 381 Å². The number of aliphatic hydroxyl groups excluding tert-OH is 1. The van der Waals surface area contributed by atoms with Crippen LogP contribution in [0.4, 0.5) is 0 Å². The Labute approximate surface area is 556 Å². The second-order valence-corrected chi connectivity index (χ2v) is 30.1. The van der Waals surface area contributed by atoms with E-state index in [0.29, 0.717) is 25.7 Å². The van der Waals surface area contributed by atoms with E-state index >= 15 is 0 Å². The van der Waals surface area contributed by atoms with E-state index in [2.05, 4.69) is 48.5 Å². The van der Waals surface area contributed by atoms with Crippen molar-refractivity contribution in [3.63, 3.8) is 0 Å². The Morgan fingerprint density at radius 2 is 0.560 bits per heavy atom. The molecule has 17 nitrogen and oxygen atoms in total. The Bertz CT molecular complexity index is 1790. The number of ether oxygens (including phenoxy) is 4. The highest BCUT2D eigenvalue weighted by Crippen LogP contribution is 2.45. The number of unbranched alkanes of at least 4 members (excludes halogenated alkanes) is 37. The summed E-state index contributed by atoms with van der Waals surface area (Å²) in [6.45, 7) is 11.8. The van der Waals surface area contributed by atoms with Crippen LogP contribution in [0.2, 0.25) is 0 Å². The van der Waals surface area contributed by atoms with Crippen LogP contribution in [0.3, 0.4) is 0 Å². The van der Waals surface area contributed by atoms with Gasteiger partial charge in [-0.15, -0.1) is 0 Å². The summed E-state index contributed by atoms with van der Waals surface area (Å²) in [5, 5.41) is 10.6. The van der Waals surface area contributed by atoms with E-state index in [0.717, 1.165) is 108 Å². The van der Waals surface area contributed by atoms with Gasteiger partial charge in [0.15, 0.2) is 12.2 Å². The number of phosphoric ester groups is 2. The van der Waals surface area contributed by atoms with Crippen molar-refractivity contribution in [3.05, 3.63) is 0 Å². The lowest BCUT2D eigenvalue weighted by Gasteiger charge is -2.21. The van der Waals surface area contributed by atoms with Gasteiger partial charge in [-0.3, -0.25) is 37.3 Å². The van der Waals surface area contributed by atoms with Crippen LogP contribution in [0.15, 0.2) is 0 Å². The molecule has 91 heavy (non-hydrogen) atoms. The van der Waals surface area contributed by atoms with Gasteiger partial charge in [-0.1, -0.05) is 312 Å². The number of aliphatic hydroxyl groups is 1. The average Bonchev–Trinajstić information content (AvgIpc) is 3.55. The van der Waals surface area contributed by atoms with Crippen molar-refractivity contribution >= 4 is 39.5 Å². The number of hydrogen-bond acceptors (Lipinski definition) is 15. The van der Waals surface area contributed by atoms with Gasteiger partial charge >= 0.3 is 39.5 Å². The molecule has 0 heterocycles. The first-order valence-electron chi connectivity index (χ1n) is 37.4. The third-order valence-electron chi connectivity index (χ3n) is 17.0. The van der Waals surface area contributed by atoms with Gasteiger partial charge in [0.05, 0.1) is 26.4 Å². The van der Waals surface area contributed by atoms with Crippen molar-refractivity contribution in [1.82, 2.24) is 0 Å². The molecule has 0 aliphatic rings. The van der Waals surface area contributed by atoms with Crippen LogP contribution in [0.1, 0.15) is 363 Å². The second-order valence-electron chi connectivity index (χ2n) is 27.2. The first kappa shape index (κ1) is 89.1. The fraction of sp³-hybridized carbons (Fsp3) is 0.944. The highest BCUT2D eigenvalue weighted by Gasteiger charge is 2.30. The summed E-state index contributed by atoms with van der Waals surface area (Å²) in [7, 11) is -9.90. The summed E-state index contributed by atoms with van der Waals surface area (Å²) in [6.07, 6.45) is 47.2. The average molecular weight is 1340 g/mol. The van der Waals surface area contributed by atoms with E-state index in [1.54, 1.807) is 0 Å². The molecule has 0 fully saturated rings. The monoisotopic (exact) mass is 1340 g/mol. The van der Waals surface area contributed by atoms with Gasteiger partial charge < -0.3 is 33.8 Å². The summed E-state index contributed by atoms with van der Waals surface area (Å²) < 4.78 is 68.3. The summed E-state index contributed by atoms with van der Waals surface area (Å²) in [5.41, 5.74) is 0. The zero-order chi connectivity index (χ0) is 67.3. The normalized spacial score (nSPS) is 14.5. The molecule has 6 atom stereocenters. The van der Waals surface area contributed by atoms with Gasteiger partial charge in [-0.25, -0.2) is 9.13 Å². The van der Waals surface area contributed by atoms with Crippen LogP contribution in [-0.4, -0.2) is 96.7 Å². The molecule has 0 aromatic rings. The Morgan fingerprint density at radius 3 is 0.835 bits per heavy atom. The first-order valence-corrected chi connectivity index (χ1v) is 40.4. The van der Waals surface area contributed by atoms with Crippen molar-refractivity contribution < 1.29 is 80.2 Å². The minimum atomic E-state index is -4.95. The van der Waals surface area contributed by atoms with Crippen molar-refractivity contribution in [1.29, 1.82) is 0 Å². The molecule has 0 aliphatic carbocycles. The largest absolute Gasteiger partial charge is 0.472 e. The molecule has 0 radical (unpaired) electrons. The van der Waals surface area contributed by atoms with Crippen LogP contribution in [0, 0.1) is 17.8 Å². The molecule has 0 bridgehead atoms. The number of esters is 4. The third-order valence-corrected chi connectivity index (χ3v) is 18.9. The highest BCUT2D eigenvalue weighted by molar-refractivity contribution is 7.47. The molecule has 0 aromatic heterocycles. The number of carbonyl (C=O) groups is 4. The molecule has 3 unspecified atom stereocenters. The Kier molecular flexibility index (Phi) is 61.5. The van der Waals surface area contributed by atoms with Gasteiger partial charge in [-0.05, 0) is 43.4 Å². The zero-order valence-corrected chi connectivity index (χ0v) is 61.1. The minimum Gasteiger partial charge on any atom is -0.462 e. The standard InChI is InChI=1S/C72H140O17P2/c1-8-10-11-12-13-14-26-31-39-46-53-69(74)83-60-68(89-72(77)56-49-42-35-34-38-45-52-65(7)9-2)62-87-91(80,81)85-58-66(73)57-84-90(78,79)86-61-67(59-82-70(75)54-47-40-32-27-23-19-21-25-30-37-44-51-64(5)6)88-71(76)55-48-41-33-28-22-18-16-15-17-20-24-29-36-43-50-63(3)4/h63-68,73H,8-62H2,1-7H3,(H,78,79)(H,80,81)/t65?,66-,67-,68-/m1/s1. The molecular formula is C72H140O17P2. The van der Waals surface area contributed by atoms with Gasteiger partial charge in [0.1, 0.15) is 19.3 Å². The molecule has 540 valence electrons. The lowest BCUT2D eigenvalue weighted by Crippen LogP contribution is -2.30. The topological polar surface area (TPSA) is 237 Å². The molecule has 0 amide bonds. The molecule has 3 N–H and O–H groups in total.